The van der Waals surface area contributed by atoms with Crippen LogP contribution in [0, 0.1) is 0 Å². The highest BCUT2D eigenvalue weighted by Crippen LogP contribution is 2.26. The van der Waals surface area contributed by atoms with E-state index >= 15 is 0 Å². The largest absolute Gasteiger partial charge is 0.487 e. The molecule has 0 aliphatic rings. The summed E-state index contributed by atoms with van der Waals surface area (Å²) in [6.45, 7) is 0.312. The van der Waals surface area contributed by atoms with Crippen LogP contribution in [-0.4, -0.2) is 5.91 Å². The minimum Gasteiger partial charge on any atom is -0.487 e. The summed E-state index contributed by atoms with van der Waals surface area (Å²) < 4.78 is 5.58. The standard InChI is InChI=1S/C14H13ClN2O2/c15-10-4-1-3-9(7-10)8-19-12-6-2-5-11(13(12)16)14(17)18/h1-7H,8,16H2,(H2,17,18). The topological polar surface area (TPSA) is 78.3 Å². The van der Waals surface area contributed by atoms with Crippen LogP contribution in [0.5, 0.6) is 5.75 Å². The molecule has 2 rings (SSSR count). The molecule has 4 N–H and O–H groups in total. The average Bonchev–Trinajstić information content (AvgIpc) is 2.37. The van der Waals surface area contributed by atoms with E-state index in [-0.39, 0.29) is 11.3 Å². The lowest BCUT2D eigenvalue weighted by molar-refractivity contribution is 0.100. The number of nitrogens with two attached hydrogens (primary N) is 2. The van der Waals surface area contributed by atoms with Crippen molar-refractivity contribution in [3.05, 3.63) is 58.6 Å². The van der Waals surface area contributed by atoms with E-state index in [0.29, 0.717) is 17.4 Å². The highest BCUT2D eigenvalue weighted by atomic mass is 35.5. The predicted octanol–water partition coefficient (Wildman–Crippen LogP) is 2.60. The Balaban J connectivity index is 2.16. The summed E-state index contributed by atoms with van der Waals surface area (Å²) in [7, 11) is 0. The monoisotopic (exact) mass is 276 g/mol. The third-order valence-electron chi connectivity index (χ3n) is 2.61. The number of benzene rings is 2. The van der Waals surface area contributed by atoms with E-state index in [4.69, 9.17) is 27.8 Å². The molecule has 0 heterocycles. The Morgan fingerprint density at radius 3 is 2.63 bits per heavy atom. The third kappa shape index (κ3) is 3.17. The summed E-state index contributed by atoms with van der Waals surface area (Å²) in [5, 5.41) is 0.639. The van der Waals surface area contributed by atoms with Crippen LogP contribution < -0.4 is 16.2 Å². The van der Waals surface area contributed by atoms with Gasteiger partial charge in [0.2, 0.25) is 0 Å². The molecule has 0 spiro atoms. The summed E-state index contributed by atoms with van der Waals surface area (Å²) >= 11 is 5.88. The smallest absolute Gasteiger partial charge is 0.250 e. The lowest BCUT2D eigenvalue weighted by Gasteiger charge is -2.11. The van der Waals surface area contributed by atoms with Crippen molar-refractivity contribution in [2.24, 2.45) is 5.73 Å². The fourth-order valence-corrected chi connectivity index (χ4v) is 1.89. The minimum absolute atomic E-state index is 0.247. The minimum atomic E-state index is -0.578. The number of carbonyl (C=O) groups is 1. The molecular formula is C14H13ClN2O2. The first-order valence-corrected chi connectivity index (χ1v) is 6.01. The second-order valence-electron chi connectivity index (χ2n) is 4.00. The summed E-state index contributed by atoms with van der Waals surface area (Å²) in [6.07, 6.45) is 0. The lowest BCUT2D eigenvalue weighted by atomic mass is 10.1. The molecule has 19 heavy (non-hydrogen) atoms. The zero-order valence-electron chi connectivity index (χ0n) is 10.1. The first kappa shape index (κ1) is 13.2. The molecule has 5 heteroatoms. The molecule has 0 saturated heterocycles. The van der Waals surface area contributed by atoms with Crippen molar-refractivity contribution in [2.45, 2.75) is 6.61 Å². The average molecular weight is 277 g/mol. The highest BCUT2D eigenvalue weighted by molar-refractivity contribution is 6.30. The maximum absolute atomic E-state index is 11.2. The number of halogens is 1. The SMILES string of the molecule is NC(=O)c1cccc(OCc2cccc(Cl)c2)c1N. The van der Waals surface area contributed by atoms with Gasteiger partial charge in [0, 0.05) is 5.02 Å². The summed E-state index contributed by atoms with van der Waals surface area (Å²) in [6, 6.07) is 12.2. The van der Waals surface area contributed by atoms with E-state index in [9.17, 15) is 4.79 Å². The fourth-order valence-electron chi connectivity index (χ4n) is 1.67. The Kier molecular flexibility index (Phi) is 3.92. The van der Waals surface area contributed by atoms with Gasteiger partial charge in [0.05, 0.1) is 11.3 Å². The summed E-state index contributed by atoms with van der Waals surface area (Å²) in [5.41, 5.74) is 12.5. The van der Waals surface area contributed by atoms with Crippen molar-refractivity contribution in [3.8, 4) is 5.75 Å². The Labute approximate surface area is 115 Å². The molecule has 0 radical (unpaired) electrons. The van der Waals surface area contributed by atoms with Crippen molar-refractivity contribution in [1.29, 1.82) is 0 Å². The van der Waals surface area contributed by atoms with Crippen LogP contribution in [0.2, 0.25) is 5.02 Å². The number of primary amides is 1. The molecule has 1 amide bonds. The van der Waals surface area contributed by atoms with Gasteiger partial charge in [-0.1, -0.05) is 29.8 Å². The van der Waals surface area contributed by atoms with E-state index in [1.165, 1.54) is 0 Å². The number of carbonyl (C=O) groups excluding carboxylic acids is 1. The molecule has 2 aromatic carbocycles. The Bertz CT molecular complexity index is 614. The zero-order valence-corrected chi connectivity index (χ0v) is 10.9. The number of hydrogen-bond acceptors (Lipinski definition) is 3. The zero-order chi connectivity index (χ0) is 13.8. The number of ether oxygens (including phenoxy) is 1. The van der Waals surface area contributed by atoms with Crippen LogP contribution in [0.25, 0.3) is 0 Å². The molecular weight excluding hydrogens is 264 g/mol. The van der Waals surface area contributed by atoms with E-state index in [1.807, 2.05) is 12.1 Å². The van der Waals surface area contributed by atoms with E-state index in [1.54, 1.807) is 30.3 Å². The molecule has 98 valence electrons. The van der Waals surface area contributed by atoms with Gasteiger partial charge in [-0.15, -0.1) is 0 Å². The number of hydrogen-bond donors (Lipinski definition) is 2. The molecule has 0 unspecified atom stereocenters. The van der Waals surface area contributed by atoms with Crippen molar-refractivity contribution >= 4 is 23.2 Å². The predicted molar refractivity (Wildman–Crippen MR) is 75.2 cm³/mol. The van der Waals surface area contributed by atoms with Gasteiger partial charge in [-0.3, -0.25) is 4.79 Å². The quantitative estimate of drug-likeness (QED) is 0.843. The molecule has 0 aliphatic heterocycles. The Morgan fingerprint density at radius 1 is 1.21 bits per heavy atom. The van der Waals surface area contributed by atoms with Crippen LogP contribution in [0.1, 0.15) is 15.9 Å². The van der Waals surface area contributed by atoms with Gasteiger partial charge in [-0.25, -0.2) is 0 Å². The van der Waals surface area contributed by atoms with Gasteiger partial charge in [-0.2, -0.15) is 0 Å². The number of rotatable bonds is 4. The van der Waals surface area contributed by atoms with Crippen molar-refractivity contribution < 1.29 is 9.53 Å². The first-order valence-electron chi connectivity index (χ1n) is 5.63. The van der Waals surface area contributed by atoms with Crippen molar-refractivity contribution in [3.63, 3.8) is 0 Å². The number of amides is 1. The van der Waals surface area contributed by atoms with Crippen LogP contribution in [0.15, 0.2) is 42.5 Å². The van der Waals surface area contributed by atoms with Gasteiger partial charge < -0.3 is 16.2 Å². The highest BCUT2D eigenvalue weighted by Gasteiger charge is 2.10. The fraction of sp³-hybridized carbons (Fsp3) is 0.0714. The molecule has 0 bridgehead atoms. The number of para-hydroxylation sites is 1. The number of anilines is 1. The third-order valence-corrected chi connectivity index (χ3v) is 2.85. The number of nitrogen functional groups attached to an aromatic ring is 1. The second-order valence-corrected chi connectivity index (χ2v) is 4.44. The van der Waals surface area contributed by atoms with Crippen LogP contribution in [0.4, 0.5) is 5.69 Å². The second kappa shape index (κ2) is 5.63. The maximum atomic E-state index is 11.2. The maximum Gasteiger partial charge on any atom is 0.250 e. The molecule has 2 aromatic rings. The molecule has 0 fully saturated rings. The molecule has 4 nitrogen and oxygen atoms in total. The van der Waals surface area contributed by atoms with Gasteiger partial charge in [0.25, 0.3) is 5.91 Å². The van der Waals surface area contributed by atoms with Crippen molar-refractivity contribution in [2.75, 3.05) is 5.73 Å². The first-order chi connectivity index (χ1) is 9.08. The Hall–Kier alpha value is -2.20. The van der Waals surface area contributed by atoms with E-state index in [0.717, 1.165) is 5.56 Å². The van der Waals surface area contributed by atoms with Gasteiger partial charge in [-0.05, 0) is 29.8 Å². The van der Waals surface area contributed by atoms with Gasteiger partial charge in [0.1, 0.15) is 12.4 Å². The van der Waals surface area contributed by atoms with E-state index < -0.39 is 5.91 Å². The van der Waals surface area contributed by atoms with Crippen molar-refractivity contribution in [1.82, 2.24) is 0 Å². The van der Waals surface area contributed by atoms with Gasteiger partial charge in [0.15, 0.2) is 0 Å². The van der Waals surface area contributed by atoms with Crippen LogP contribution in [0.3, 0.4) is 0 Å². The molecule has 0 aromatic heterocycles. The molecule has 0 saturated carbocycles. The normalized spacial score (nSPS) is 10.2. The summed E-state index contributed by atoms with van der Waals surface area (Å²) in [4.78, 5) is 11.2. The van der Waals surface area contributed by atoms with Gasteiger partial charge >= 0.3 is 0 Å². The molecule has 0 atom stereocenters. The lowest BCUT2D eigenvalue weighted by Crippen LogP contribution is -2.14. The Morgan fingerprint density at radius 2 is 1.95 bits per heavy atom. The van der Waals surface area contributed by atoms with E-state index in [2.05, 4.69) is 0 Å². The summed E-state index contributed by atoms with van der Waals surface area (Å²) in [5.74, 6) is -0.151. The van der Waals surface area contributed by atoms with Crippen LogP contribution in [-0.2, 0) is 6.61 Å². The molecule has 0 aliphatic carbocycles. The van der Waals surface area contributed by atoms with Crippen LogP contribution >= 0.6 is 11.6 Å².